The van der Waals surface area contributed by atoms with Gasteiger partial charge < -0.3 is 8.99 Å². The molecule has 0 bridgehead atoms. The second kappa shape index (κ2) is 6.09. The van der Waals surface area contributed by atoms with Gasteiger partial charge in [0.1, 0.15) is 17.0 Å². The zero-order valence-electron chi connectivity index (χ0n) is 14.2. The molecule has 0 amide bonds. The van der Waals surface area contributed by atoms with Crippen LogP contribution in [0, 0.1) is 0 Å². The minimum atomic E-state index is -1.84. The maximum absolute atomic E-state index is 6.58. The second-order valence-electron chi connectivity index (χ2n) is 7.19. The molecule has 5 heteroatoms. The summed E-state index contributed by atoms with van der Waals surface area (Å²) in [6.07, 6.45) is 3.67. The van der Waals surface area contributed by atoms with Crippen molar-refractivity contribution in [3.05, 3.63) is 48.0 Å². The average Bonchev–Trinajstić information content (AvgIpc) is 2.82. The molecule has 2 rings (SSSR count). The summed E-state index contributed by atoms with van der Waals surface area (Å²) in [4.78, 5) is 4.33. The fourth-order valence-corrected chi connectivity index (χ4v) is 3.32. The fourth-order valence-electron chi connectivity index (χ4n) is 1.95. The van der Waals surface area contributed by atoms with E-state index in [1.54, 1.807) is 6.20 Å². The molecule has 1 aromatic heterocycles. The average molecular weight is 337 g/mol. The lowest BCUT2D eigenvalue weighted by atomic mass is 10.1. The van der Waals surface area contributed by atoms with Crippen molar-refractivity contribution in [3.8, 4) is 5.75 Å². The SMILES string of the molecule is Cn1ccnc1C(Cl)c1cccc(O[Si](C)(C)C(C)(C)C)c1. The Morgan fingerprint density at radius 2 is 1.95 bits per heavy atom. The van der Waals surface area contributed by atoms with Gasteiger partial charge in [0.05, 0.1) is 0 Å². The molecule has 3 nitrogen and oxygen atoms in total. The molecule has 22 heavy (non-hydrogen) atoms. The fraction of sp³-hybridized carbons (Fsp3) is 0.471. The van der Waals surface area contributed by atoms with Crippen LogP contribution in [0.3, 0.4) is 0 Å². The first-order chi connectivity index (χ1) is 10.1. The van der Waals surface area contributed by atoms with Crippen molar-refractivity contribution in [1.82, 2.24) is 9.55 Å². The van der Waals surface area contributed by atoms with Crippen LogP contribution >= 0.6 is 11.6 Å². The van der Waals surface area contributed by atoms with Crippen LogP contribution in [0.5, 0.6) is 5.75 Å². The monoisotopic (exact) mass is 336 g/mol. The number of aromatic nitrogens is 2. The Bertz CT molecular complexity index is 646. The molecule has 1 atom stereocenters. The predicted octanol–water partition coefficient (Wildman–Crippen LogP) is 5.13. The van der Waals surface area contributed by atoms with Crippen molar-refractivity contribution in [3.63, 3.8) is 0 Å². The zero-order chi connectivity index (χ0) is 16.5. The number of hydrogen-bond donors (Lipinski definition) is 0. The molecule has 1 aromatic carbocycles. The van der Waals surface area contributed by atoms with Crippen molar-refractivity contribution in [2.45, 2.75) is 44.3 Å². The third-order valence-corrected chi connectivity index (χ3v) is 9.22. The van der Waals surface area contributed by atoms with Crippen molar-refractivity contribution in [2.75, 3.05) is 0 Å². The number of aryl methyl sites for hydroxylation is 1. The summed E-state index contributed by atoms with van der Waals surface area (Å²) >= 11 is 6.58. The third kappa shape index (κ3) is 3.55. The van der Waals surface area contributed by atoms with Gasteiger partial charge in [-0.25, -0.2) is 4.98 Å². The van der Waals surface area contributed by atoms with Crippen LogP contribution in [0.1, 0.15) is 37.5 Å². The van der Waals surface area contributed by atoms with Crippen LogP contribution in [0.4, 0.5) is 0 Å². The zero-order valence-corrected chi connectivity index (χ0v) is 16.0. The highest BCUT2D eigenvalue weighted by molar-refractivity contribution is 6.74. The second-order valence-corrected chi connectivity index (χ2v) is 12.4. The molecule has 0 aliphatic carbocycles. The Kier molecular flexibility index (Phi) is 4.73. The van der Waals surface area contributed by atoms with Crippen LogP contribution in [-0.4, -0.2) is 17.9 Å². The first-order valence-electron chi connectivity index (χ1n) is 7.52. The molecule has 0 aliphatic heterocycles. The number of halogens is 1. The van der Waals surface area contributed by atoms with Gasteiger partial charge in [-0.3, -0.25) is 0 Å². The van der Waals surface area contributed by atoms with E-state index in [-0.39, 0.29) is 10.4 Å². The van der Waals surface area contributed by atoms with E-state index in [2.05, 4.69) is 38.8 Å². The Morgan fingerprint density at radius 3 is 2.50 bits per heavy atom. The lowest BCUT2D eigenvalue weighted by Gasteiger charge is -2.36. The van der Waals surface area contributed by atoms with E-state index in [0.717, 1.165) is 17.1 Å². The quantitative estimate of drug-likeness (QED) is 0.571. The molecule has 120 valence electrons. The van der Waals surface area contributed by atoms with Crippen LogP contribution in [0.15, 0.2) is 36.7 Å². The normalized spacial score (nSPS) is 14.0. The first-order valence-corrected chi connectivity index (χ1v) is 10.9. The molecule has 0 saturated carbocycles. The predicted molar refractivity (Wildman–Crippen MR) is 95.2 cm³/mol. The van der Waals surface area contributed by atoms with E-state index in [4.69, 9.17) is 16.0 Å². The number of nitrogens with zero attached hydrogens (tertiary/aromatic N) is 2. The highest BCUT2D eigenvalue weighted by Crippen LogP contribution is 2.38. The lowest BCUT2D eigenvalue weighted by Crippen LogP contribution is -2.43. The Labute approximate surface area is 139 Å². The molecule has 0 N–H and O–H groups in total. The molecule has 1 unspecified atom stereocenters. The number of benzene rings is 1. The summed E-state index contributed by atoms with van der Waals surface area (Å²) in [5, 5.41) is -0.105. The minimum Gasteiger partial charge on any atom is -0.543 e. The number of hydrogen-bond acceptors (Lipinski definition) is 2. The van der Waals surface area contributed by atoms with Gasteiger partial charge >= 0.3 is 0 Å². The van der Waals surface area contributed by atoms with E-state index in [9.17, 15) is 0 Å². The summed E-state index contributed by atoms with van der Waals surface area (Å²) < 4.78 is 8.30. The summed E-state index contributed by atoms with van der Waals surface area (Å²) in [7, 11) is 0.108. The first kappa shape index (κ1) is 17.1. The van der Waals surface area contributed by atoms with Gasteiger partial charge in [0, 0.05) is 19.4 Å². The summed E-state index contributed by atoms with van der Waals surface area (Å²) in [5.41, 5.74) is 1.01. The standard InChI is InChI=1S/C17H25ClN2OSi/c1-17(2,3)22(5,6)21-14-9-7-8-13(12-14)15(18)16-19-10-11-20(16)4/h7-12,15H,1-6H3. The molecule has 0 saturated heterocycles. The van der Waals surface area contributed by atoms with Crippen molar-refractivity contribution >= 4 is 19.9 Å². The van der Waals surface area contributed by atoms with Gasteiger partial charge in [-0.2, -0.15) is 0 Å². The molecule has 0 fully saturated rings. The van der Waals surface area contributed by atoms with E-state index < -0.39 is 8.32 Å². The Hall–Kier alpha value is -1.26. The van der Waals surface area contributed by atoms with Gasteiger partial charge in [0.25, 0.3) is 0 Å². The molecule has 1 heterocycles. The summed E-state index contributed by atoms with van der Waals surface area (Å²) in [5.74, 6) is 1.73. The molecular weight excluding hydrogens is 312 g/mol. The van der Waals surface area contributed by atoms with Crippen molar-refractivity contribution < 1.29 is 4.43 Å². The third-order valence-electron chi connectivity index (χ3n) is 4.42. The highest BCUT2D eigenvalue weighted by Gasteiger charge is 2.39. The summed E-state index contributed by atoms with van der Waals surface area (Å²) in [6, 6.07) is 8.06. The van der Waals surface area contributed by atoms with Crippen molar-refractivity contribution in [1.29, 1.82) is 0 Å². The van der Waals surface area contributed by atoms with Gasteiger partial charge in [0.2, 0.25) is 8.32 Å². The number of rotatable bonds is 4. The molecule has 0 radical (unpaired) electrons. The smallest absolute Gasteiger partial charge is 0.250 e. The lowest BCUT2D eigenvalue weighted by molar-refractivity contribution is 0.491. The molecule has 0 aliphatic rings. The highest BCUT2D eigenvalue weighted by atomic mass is 35.5. The van der Waals surface area contributed by atoms with Gasteiger partial charge in [-0.15, -0.1) is 11.6 Å². The maximum Gasteiger partial charge on any atom is 0.250 e. The van der Waals surface area contributed by atoms with Crippen molar-refractivity contribution in [2.24, 2.45) is 7.05 Å². The summed E-state index contributed by atoms with van der Waals surface area (Å²) in [6.45, 7) is 11.2. The number of imidazole rings is 1. The largest absolute Gasteiger partial charge is 0.543 e. The van der Waals surface area contributed by atoms with E-state index in [0.29, 0.717) is 0 Å². The molecular formula is C17H25ClN2OSi. The van der Waals surface area contributed by atoms with Gasteiger partial charge in [-0.1, -0.05) is 32.9 Å². The van der Waals surface area contributed by atoms with Crippen LogP contribution in [0.2, 0.25) is 18.1 Å². The topological polar surface area (TPSA) is 27.1 Å². The Morgan fingerprint density at radius 1 is 1.27 bits per heavy atom. The van der Waals surface area contributed by atoms with Crippen LogP contribution in [-0.2, 0) is 7.05 Å². The van der Waals surface area contributed by atoms with Crippen LogP contribution < -0.4 is 4.43 Å². The minimum absolute atomic E-state index is 0.170. The van der Waals surface area contributed by atoms with Gasteiger partial charge in [0.15, 0.2) is 0 Å². The molecule has 0 spiro atoms. The van der Waals surface area contributed by atoms with Gasteiger partial charge in [-0.05, 0) is 35.8 Å². The van der Waals surface area contributed by atoms with Crippen LogP contribution in [0.25, 0.3) is 0 Å². The van der Waals surface area contributed by atoms with E-state index in [1.165, 1.54) is 0 Å². The molecule has 2 aromatic rings. The Balaban J connectivity index is 2.26. The van der Waals surface area contributed by atoms with E-state index in [1.807, 2.05) is 42.1 Å². The van der Waals surface area contributed by atoms with E-state index >= 15 is 0 Å². The number of alkyl halides is 1. The maximum atomic E-state index is 6.58.